The summed E-state index contributed by atoms with van der Waals surface area (Å²) in [5.74, 6) is -0.436. The topological polar surface area (TPSA) is 57.8 Å². The van der Waals surface area contributed by atoms with Gasteiger partial charge in [-0.2, -0.15) is 5.26 Å². The second kappa shape index (κ2) is 8.59. The first kappa shape index (κ1) is 20.1. The van der Waals surface area contributed by atoms with Gasteiger partial charge in [0, 0.05) is 37.3 Å². The Kier molecular flexibility index (Phi) is 6.18. The van der Waals surface area contributed by atoms with E-state index in [1.165, 1.54) is 0 Å². The molecule has 28 heavy (non-hydrogen) atoms. The number of halogens is 2. The third-order valence-corrected chi connectivity index (χ3v) is 5.91. The first-order valence-electron chi connectivity index (χ1n) is 8.54. The standard InChI is InChI=1S/C22H17Br2N3O/c1-14-20(12-16(13-25)22(28)26-18-6-4-3-5-7-18)21(24)15(2)27(14)19-10-8-17(23)9-11-19/h3-12H,1-2H3,(H,26,28)/b16-12-. The van der Waals surface area contributed by atoms with E-state index in [-0.39, 0.29) is 5.57 Å². The molecule has 140 valence electrons. The number of benzene rings is 2. The highest BCUT2D eigenvalue weighted by Crippen LogP contribution is 2.32. The number of anilines is 1. The van der Waals surface area contributed by atoms with Gasteiger partial charge in [0.1, 0.15) is 11.6 Å². The van der Waals surface area contributed by atoms with Gasteiger partial charge in [-0.25, -0.2) is 0 Å². The minimum absolute atomic E-state index is 0.0422. The van der Waals surface area contributed by atoms with Crippen molar-refractivity contribution < 1.29 is 4.79 Å². The largest absolute Gasteiger partial charge is 0.321 e. The van der Waals surface area contributed by atoms with Gasteiger partial charge in [-0.3, -0.25) is 4.79 Å². The molecule has 3 aromatic rings. The number of amides is 1. The van der Waals surface area contributed by atoms with Crippen LogP contribution in [0.1, 0.15) is 17.0 Å². The minimum atomic E-state index is -0.436. The lowest BCUT2D eigenvalue weighted by molar-refractivity contribution is -0.112. The summed E-state index contributed by atoms with van der Waals surface area (Å²) in [6.07, 6.45) is 1.63. The van der Waals surface area contributed by atoms with Crippen molar-refractivity contribution in [2.24, 2.45) is 0 Å². The summed E-state index contributed by atoms with van der Waals surface area (Å²) in [5, 5.41) is 12.3. The van der Waals surface area contributed by atoms with E-state index in [1.807, 2.05) is 62.4 Å². The molecule has 4 nitrogen and oxygen atoms in total. The first-order valence-corrected chi connectivity index (χ1v) is 10.1. The van der Waals surface area contributed by atoms with Crippen LogP contribution in [0.2, 0.25) is 0 Å². The number of rotatable bonds is 4. The predicted octanol–water partition coefficient (Wildman–Crippen LogP) is 6.16. The van der Waals surface area contributed by atoms with Crippen LogP contribution in [-0.2, 0) is 4.79 Å². The second-order valence-electron chi connectivity index (χ2n) is 6.20. The Bertz CT molecular complexity index is 1090. The molecule has 0 unspecified atom stereocenters. The normalized spacial score (nSPS) is 11.2. The maximum atomic E-state index is 12.5. The fraction of sp³-hybridized carbons (Fsp3) is 0.0909. The zero-order valence-corrected chi connectivity index (χ0v) is 18.5. The fourth-order valence-corrected chi connectivity index (χ4v) is 3.83. The van der Waals surface area contributed by atoms with Gasteiger partial charge in [0.25, 0.3) is 5.91 Å². The molecule has 0 aliphatic rings. The molecule has 0 aliphatic carbocycles. The zero-order chi connectivity index (χ0) is 20.3. The van der Waals surface area contributed by atoms with E-state index in [0.29, 0.717) is 5.69 Å². The Morgan fingerprint density at radius 2 is 1.68 bits per heavy atom. The van der Waals surface area contributed by atoms with Gasteiger partial charge in [0.2, 0.25) is 0 Å². The van der Waals surface area contributed by atoms with E-state index in [1.54, 1.807) is 18.2 Å². The number of hydrogen-bond acceptors (Lipinski definition) is 2. The molecule has 0 fully saturated rings. The molecule has 1 aromatic heterocycles. The van der Waals surface area contributed by atoms with Gasteiger partial charge in [0.05, 0.1) is 0 Å². The second-order valence-corrected chi connectivity index (χ2v) is 7.91. The highest BCUT2D eigenvalue weighted by Gasteiger charge is 2.18. The number of hydrogen-bond donors (Lipinski definition) is 1. The van der Waals surface area contributed by atoms with Crippen LogP contribution in [0.4, 0.5) is 5.69 Å². The van der Waals surface area contributed by atoms with Crippen LogP contribution < -0.4 is 5.32 Å². The Morgan fingerprint density at radius 1 is 1.04 bits per heavy atom. The molecule has 0 bridgehead atoms. The molecule has 3 rings (SSSR count). The zero-order valence-electron chi connectivity index (χ0n) is 15.3. The molecular weight excluding hydrogens is 482 g/mol. The predicted molar refractivity (Wildman–Crippen MR) is 119 cm³/mol. The average Bonchev–Trinajstić information content (AvgIpc) is 2.90. The summed E-state index contributed by atoms with van der Waals surface area (Å²) in [5.41, 5.74) is 4.43. The van der Waals surface area contributed by atoms with Gasteiger partial charge in [0.15, 0.2) is 0 Å². The van der Waals surface area contributed by atoms with E-state index in [0.717, 1.165) is 31.6 Å². The minimum Gasteiger partial charge on any atom is -0.321 e. The highest BCUT2D eigenvalue weighted by atomic mass is 79.9. The van der Waals surface area contributed by atoms with Crippen molar-refractivity contribution in [3.05, 3.63) is 86.1 Å². The van der Waals surface area contributed by atoms with Crippen molar-refractivity contribution in [3.8, 4) is 11.8 Å². The number of para-hydroxylation sites is 1. The van der Waals surface area contributed by atoms with Gasteiger partial charge in [-0.05, 0) is 72.3 Å². The van der Waals surface area contributed by atoms with Gasteiger partial charge in [-0.1, -0.05) is 34.1 Å². The molecule has 0 atom stereocenters. The van der Waals surface area contributed by atoms with Crippen LogP contribution in [0.3, 0.4) is 0 Å². The number of carbonyl (C=O) groups excluding carboxylic acids is 1. The molecule has 0 spiro atoms. The fourth-order valence-electron chi connectivity index (χ4n) is 2.98. The van der Waals surface area contributed by atoms with Crippen molar-refractivity contribution in [2.75, 3.05) is 5.32 Å². The Labute approximate surface area is 180 Å². The average molecular weight is 499 g/mol. The number of nitrogens with zero attached hydrogens (tertiary/aromatic N) is 2. The van der Waals surface area contributed by atoms with Crippen molar-refractivity contribution in [2.45, 2.75) is 13.8 Å². The molecule has 0 radical (unpaired) electrons. The van der Waals surface area contributed by atoms with Gasteiger partial charge in [-0.15, -0.1) is 0 Å². The van der Waals surface area contributed by atoms with Crippen molar-refractivity contribution in [3.63, 3.8) is 0 Å². The Morgan fingerprint density at radius 3 is 2.29 bits per heavy atom. The molecule has 0 saturated carbocycles. The first-order chi connectivity index (χ1) is 13.4. The van der Waals surface area contributed by atoms with Crippen LogP contribution in [-0.4, -0.2) is 10.5 Å². The number of nitrogens with one attached hydrogen (secondary N) is 1. The van der Waals surface area contributed by atoms with E-state index in [9.17, 15) is 10.1 Å². The summed E-state index contributed by atoms with van der Waals surface area (Å²) >= 11 is 7.07. The summed E-state index contributed by atoms with van der Waals surface area (Å²) in [6, 6.07) is 19.1. The van der Waals surface area contributed by atoms with E-state index in [4.69, 9.17) is 0 Å². The smallest absolute Gasteiger partial charge is 0.266 e. The SMILES string of the molecule is Cc1c(Br)c(/C=C(/C#N)C(=O)Nc2ccccc2)c(C)n1-c1ccc(Br)cc1. The van der Waals surface area contributed by atoms with Crippen molar-refractivity contribution in [1.29, 1.82) is 5.26 Å². The lowest BCUT2D eigenvalue weighted by Gasteiger charge is -2.09. The number of nitriles is 1. The van der Waals surface area contributed by atoms with Crippen LogP contribution in [0.5, 0.6) is 0 Å². The molecule has 1 N–H and O–H groups in total. The lowest BCUT2D eigenvalue weighted by Crippen LogP contribution is -2.13. The number of aromatic nitrogens is 1. The summed E-state index contributed by atoms with van der Waals surface area (Å²) in [4.78, 5) is 12.5. The van der Waals surface area contributed by atoms with Crippen LogP contribution >= 0.6 is 31.9 Å². The molecular formula is C22H17Br2N3O. The van der Waals surface area contributed by atoms with Crippen LogP contribution in [0.25, 0.3) is 11.8 Å². The Hall–Kier alpha value is -2.62. The molecule has 1 heterocycles. The maximum absolute atomic E-state index is 12.5. The third-order valence-electron chi connectivity index (χ3n) is 4.38. The monoisotopic (exact) mass is 497 g/mol. The molecule has 2 aromatic carbocycles. The van der Waals surface area contributed by atoms with E-state index in [2.05, 4.69) is 41.7 Å². The molecule has 1 amide bonds. The Balaban J connectivity index is 2.00. The van der Waals surface area contributed by atoms with Gasteiger partial charge < -0.3 is 9.88 Å². The van der Waals surface area contributed by atoms with Crippen molar-refractivity contribution >= 4 is 49.5 Å². The summed E-state index contributed by atoms with van der Waals surface area (Å²) in [7, 11) is 0. The van der Waals surface area contributed by atoms with E-state index < -0.39 is 5.91 Å². The van der Waals surface area contributed by atoms with E-state index >= 15 is 0 Å². The van der Waals surface area contributed by atoms with Crippen molar-refractivity contribution in [1.82, 2.24) is 4.57 Å². The molecule has 6 heteroatoms. The highest BCUT2D eigenvalue weighted by molar-refractivity contribution is 9.10. The summed E-state index contributed by atoms with van der Waals surface area (Å²) < 4.78 is 3.95. The van der Waals surface area contributed by atoms with Crippen LogP contribution in [0.15, 0.2) is 69.1 Å². The number of carbonyl (C=O) groups is 1. The van der Waals surface area contributed by atoms with Gasteiger partial charge >= 0.3 is 0 Å². The summed E-state index contributed by atoms with van der Waals surface area (Å²) in [6.45, 7) is 3.96. The van der Waals surface area contributed by atoms with Crippen LogP contribution in [0, 0.1) is 25.2 Å². The lowest BCUT2D eigenvalue weighted by atomic mass is 10.1. The molecule has 0 aliphatic heterocycles. The third kappa shape index (κ3) is 4.11. The maximum Gasteiger partial charge on any atom is 0.266 e. The quantitative estimate of drug-likeness (QED) is 0.345. The molecule has 0 saturated heterocycles.